The van der Waals surface area contributed by atoms with Crippen molar-refractivity contribution in [2.45, 2.75) is 0 Å². The number of carbonyl (C=O) groups is 1. The number of hydrogen-bond donors (Lipinski definition) is 0. The van der Waals surface area contributed by atoms with Crippen molar-refractivity contribution in [3.05, 3.63) is 42.0 Å². The van der Waals surface area contributed by atoms with E-state index in [1.165, 1.54) is 13.2 Å². The average molecular weight is 373 g/mol. The molecule has 0 bridgehead atoms. The molecule has 0 unspecified atom stereocenters. The Kier molecular flexibility index (Phi) is 7.88. The molecule has 1 fully saturated rings. The predicted octanol–water partition coefficient (Wildman–Crippen LogP) is 2.05. The number of rotatable bonds is 7. The molecule has 0 atom stereocenters. The minimum atomic E-state index is -0.0218. The van der Waals surface area contributed by atoms with E-state index < -0.39 is 0 Å². The molecule has 7 nitrogen and oxygen atoms in total. The summed E-state index contributed by atoms with van der Waals surface area (Å²) in [5, 5.41) is 3.95. The van der Waals surface area contributed by atoms with Crippen molar-refractivity contribution < 1.29 is 19.1 Å². The van der Waals surface area contributed by atoms with E-state index >= 15 is 0 Å². The Bertz CT molecular complexity index is 720. The highest BCUT2D eigenvalue weighted by Crippen LogP contribution is 2.27. The molecule has 1 aromatic carbocycles. The van der Waals surface area contributed by atoms with E-state index in [1.54, 1.807) is 26.4 Å². The van der Waals surface area contributed by atoms with Crippen molar-refractivity contribution in [1.29, 1.82) is 0 Å². The molecule has 1 aliphatic rings. The lowest BCUT2D eigenvalue weighted by Gasteiger charge is -2.31. The Hall–Kier alpha value is -2.80. The van der Waals surface area contributed by atoms with Gasteiger partial charge in [0.15, 0.2) is 11.5 Å². The van der Waals surface area contributed by atoms with Gasteiger partial charge in [0.05, 0.1) is 14.2 Å². The van der Waals surface area contributed by atoms with Gasteiger partial charge in [0.1, 0.15) is 12.8 Å². The van der Waals surface area contributed by atoms with Crippen LogP contribution in [-0.2, 0) is 9.63 Å². The SMILES string of the molecule is CO/N=C(/C=C/C(=O)N1CCN(C)CC1)\C=C\c1ccc(OC)c(OC)c1. The number of oxime groups is 1. The highest BCUT2D eigenvalue weighted by molar-refractivity contribution is 6.09. The molecule has 1 amide bonds. The van der Waals surface area contributed by atoms with Crippen LogP contribution in [0.2, 0.25) is 0 Å². The third-order valence-corrected chi connectivity index (χ3v) is 4.26. The smallest absolute Gasteiger partial charge is 0.246 e. The fourth-order valence-corrected chi connectivity index (χ4v) is 2.65. The van der Waals surface area contributed by atoms with E-state index in [-0.39, 0.29) is 5.91 Å². The van der Waals surface area contributed by atoms with Gasteiger partial charge in [-0.1, -0.05) is 17.3 Å². The van der Waals surface area contributed by atoms with Crippen LogP contribution in [0, 0.1) is 0 Å². The molecule has 2 rings (SSSR count). The van der Waals surface area contributed by atoms with Crippen molar-refractivity contribution in [3.63, 3.8) is 0 Å². The third-order valence-electron chi connectivity index (χ3n) is 4.26. The second kappa shape index (κ2) is 10.4. The predicted molar refractivity (Wildman–Crippen MR) is 106 cm³/mol. The number of hydrogen-bond acceptors (Lipinski definition) is 6. The molecule has 7 heteroatoms. The third kappa shape index (κ3) is 6.14. The van der Waals surface area contributed by atoms with E-state index in [2.05, 4.69) is 17.1 Å². The lowest BCUT2D eigenvalue weighted by Crippen LogP contribution is -2.46. The number of methoxy groups -OCH3 is 2. The van der Waals surface area contributed by atoms with Crippen molar-refractivity contribution in [2.75, 3.05) is 54.6 Å². The van der Waals surface area contributed by atoms with E-state index in [4.69, 9.17) is 14.3 Å². The normalized spacial score (nSPS) is 16.1. The first-order valence-electron chi connectivity index (χ1n) is 8.74. The van der Waals surface area contributed by atoms with Gasteiger partial charge in [0.2, 0.25) is 5.91 Å². The highest BCUT2D eigenvalue weighted by Gasteiger charge is 2.16. The fraction of sp³-hybridized carbons (Fsp3) is 0.400. The summed E-state index contributed by atoms with van der Waals surface area (Å²) in [6, 6.07) is 5.60. The average Bonchev–Trinajstić information content (AvgIpc) is 2.70. The first kappa shape index (κ1) is 20.5. The first-order chi connectivity index (χ1) is 13.1. The lowest BCUT2D eigenvalue weighted by atomic mass is 10.1. The fourth-order valence-electron chi connectivity index (χ4n) is 2.65. The molecule has 0 aromatic heterocycles. The molecule has 0 saturated carbocycles. The van der Waals surface area contributed by atoms with Crippen LogP contribution in [0.15, 0.2) is 41.6 Å². The van der Waals surface area contributed by atoms with Crippen LogP contribution in [0.5, 0.6) is 11.5 Å². The van der Waals surface area contributed by atoms with E-state index in [1.807, 2.05) is 29.2 Å². The Morgan fingerprint density at radius 1 is 1.00 bits per heavy atom. The molecule has 1 aromatic rings. The summed E-state index contributed by atoms with van der Waals surface area (Å²) >= 11 is 0. The first-order valence-corrected chi connectivity index (χ1v) is 8.74. The summed E-state index contributed by atoms with van der Waals surface area (Å²) in [7, 11) is 6.72. The number of piperazine rings is 1. The Balaban J connectivity index is 2.05. The van der Waals surface area contributed by atoms with Crippen LogP contribution >= 0.6 is 0 Å². The van der Waals surface area contributed by atoms with Gasteiger partial charge >= 0.3 is 0 Å². The summed E-state index contributed by atoms with van der Waals surface area (Å²) < 4.78 is 10.5. The van der Waals surface area contributed by atoms with Gasteiger partial charge in [-0.15, -0.1) is 0 Å². The minimum absolute atomic E-state index is 0.0218. The minimum Gasteiger partial charge on any atom is -0.493 e. The van der Waals surface area contributed by atoms with Crippen LogP contribution in [0.1, 0.15) is 5.56 Å². The number of likely N-dealkylation sites (N-methyl/N-ethyl adjacent to an activating group) is 1. The van der Waals surface area contributed by atoms with E-state index in [0.717, 1.165) is 31.7 Å². The Morgan fingerprint density at radius 2 is 1.70 bits per heavy atom. The molecule has 1 saturated heterocycles. The molecule has 1 heterocycles. The maximum Gasteiger partial charge on any atom is 0.246 e. The Labute approximate surface area is 160 Å². The molecular weight excluding hydrogens is 346 g/mol. The standard InChI is InChI=1S/C20H27N3O4/c1-22-11-13-23(14-12-22)20(24)10-8-17(21-27-4)7-5-16-6-9-18(25-2)19(15-16)26-3/h5-10,15H,11-14H2,1-4H3/b7-5+,10-8+,21-17+. The molecule has 27 heavy (non-hydrogen) atoms. The number of ether oxygens (including phenoxy) is 2. The molecule has 0 aliphatic carbocycles. The zero-order chi connectivity index (χ0) is 19.6. The van der Waals surface area contributed by atoms with Crippen molar-refractivity contribution in [2.24, 2.45) is 5.16 Å². The summed E-state index contributed by atoms with van der Waals surface area (Å²) in [6.45, 7) is 3.24. The van der Waals surface area contributed by atoms with Crippen molar-refractivity contribution >= 4 is 17.7 Å². The summed E-state index contributed by atoms with van der Waals surface area (Å²) in [4.78, 5) is 21.2. The van der Waals surface area contributed by atoms with Gasteiger partial charge in [0.25, 0.3) is 0 Å². The van der Waals surface area contributed by atoms with Gasteiger partial charge in [-0.05, 0) is 36.9 Å². The largest absolute Gasteiger partial charge is 0.493 e. The van der Waals surface area contributed by atoms with Crippen LogP contribution in [0.25, 0.3) is 6.08 Å². The van der Waals surface area contributed by atoms with Gasteiger partial charge in [0, 0.05) is 32.3 Å². The molecule has 0 radical (unpaired) electrons. The second-order valence-corrected chi connectivity index (χ2v) is 6.11. The second-order valence-electron chi connectivity index (χ2n) is 6.11. The highest BCUT2D eigenvalue weighted by atomic mass is 16.6. The number of benzene rings is 1. The molecule has 1 aliphatic heterocycles. The number of nitrogens with zero attached hydrogens (tertiary/aromatic N) is 3. The quantitative estimate of drug-likeness (QED) is 0.416. The van der Waals surface area contributed by atoms with Crippen LogP contribution in [0.4, 0.5) is 0 Å². The molecule has 146 valence electrons. The maximum atomic E-state index is 12.3. The summed E-state index contributed by atoms with van der Waals surface area (Å²) in [5.41, 5.74) is 1.45. The summed E-state index contributed by atoms with van der Waals surface area (Å²) in [5.74, 6) is 1.29. The topological polar surface area (TPSA) is 63.6 Å². The van der Waals surface area contributed by atoms with Crippen LogP contribution in [-0.4, -0.2) is 76.0 Å². The number of carbonyl (C=O) groups excluding carboxylic acids is 1. The zero-order valence-electron chi connectivity index (χ0n) is 16.3. The number of amides is 1. The molecule has 0 spiro atoms. The van der Waals surface area contributed by atoms with Crippen molar-refractivity contribution in [3.8, 4) is 11.5 Å². The van der Waals surface area contributed by atoms with Gasteiger partial charge in [-0.3, -0.25) is 4.79 Å². The van der Waals surface area contributed by atoms with Crippen LogP contribution < -0.4 is 9.47 Å². The van der Waals surface area contributed by atoms with Crippen molar-refractivity contribution in [1.82, 2.24) is 9.80 Å². The van der Waals surface area contributed by atoms with E-state index in [9.17, 15) is 4.79 Å². The van der Waals surface area contributed by atoms with Crippen LogP contribution in [0.3, 0.4) is 0 Å². The molecule has 0 N–H and O–H groups in total. The maximum absolute atomic E-state index is 12.3. The lowest BCUT2D eigenvalue weighted by molar-refractivity contribution is -0.127. The van der Waals surface area contributed by atoms with Gasteiger partial charge in [-0.2, -0.15) is 0 Å². The molecular formula is C20H27N3O4. The zero-order valence-corrected chi connectivity index (χ0v) is 16.3. The van der Waals surface area contributed by atoms with Gasteiger partial charge < -0.3 is 24.1 Å². The van der Waals surface area contributed by atoms with Gasteiger partial charge in [-0.25, -0.2) is 0 Å². The number of allylic oxidation sites excluding steroid dienone is 2. The van der Waals surface area contributed by atoms with E-state index in [0.29, 0.717) is 17.2 Å². The summed E-state index contributed by atoms with van der Waals surface area (Å²) in [6.07, 6.45) is 6.83. The monoisotopic (exact) mass is 373 g/mol. The Morgan fingerprint density at radius 3 is 2.33 bits per heavy atom.